The number of amides is 2. The zero-order valence-electron chi connectivity index (χ0n) is 16.9. The third kappa shape index (κ3) is 4.69. The standard InChI is InChI=1S/C23H21N5O3/c1-16-7-10-19(11-8-16)25-21(29)15-28-23(31)27-14-18(9-12-20(27)26-28)22(30)24-13-17-5-3-2-4-6-17/h2-12,14H,13,15H2,1H3,(H,24,30)(H,25,29). The monoisotopic (exact) mass is 415 g/mol. The highest BCUT2D eigenvalue weighted by atomic mass is 16.2. The number of hydrogen-bond acceptors (Lipinski definition) is 4. The Balaban J connectivity index is 1.47. The molecule has 2 heterocycles. The predicted molar refractivity (Wildman–Crippen MR) is 117 cm³/mol. The molecule has 0 aliphatic heterocycles. The third-order valence-electron chi connectivity index (χ3n) is 4.76. The second-order valence-electron chi connectivity index (χ2n) is 7.17. The van der Waals surface area contributed by atoms with Crippen LogP contribution >= 0.6 is 0 Å². The fraction of sp³-hybridized carbons (Fsp3) is 0.130. The number of pyridine rings is 1. The van der Waals surface area contributed by atoms with Crippen molar-refractivity contribution in [3.05, 3.63) is 100 Å². The molecule has 0 aliphatic carbocycles. The van der Waals surface area contributed by atoms with E-state index in [-0.39, 0.29) is 18.4 Å². The molecule has 0 aliphatic rings. The van der Waals surface area contributed by atoms with E-state index in [4.69, 9.17) is 0 Å². The summed E-state index contributed by atoms with van der Waals surface area (Å²) in [4.78, 5) is 37.4. The van der Waals surface area contributed by atoms with Crippen LogP contribution in [-0.4, -0.2) is 26.0 Å². The molecule has 8 heteroatoms. The highest BCUT2D eigenvalue weighted by Crippen LogP contribution is 2.09. The number of hydrogen-bond donors (Lipinski definition) is 2. The first kappa shape index (κ1) is 20.1. The molecule has 0 bridgehead atoms. The van der Waals surface area contributed by atoms with Gasteiger partial charge in [0, 0.05) is 18.4 Å². The first-order chi connectivity index (χ1) is 15.0. The molecule has 0 saturated carbocycles. The molecule has 156 valence electrons. The molecule has 0 saturated heterocycles. The van der Waals surface area contributed by atoms with E-state index in [1.54, 1.807) is 24.3 Å². The van der Waals surface area contributed by atoms with Crippen LogP contribution in [0.25, 0.3) is 5.65 Å². The van der Waals surface area contributed by atoms with E-state index in [1.165, 1.54) is 10.6 Å². The van der Waals surface area contributed by atoms with Crippen molar-refractivity contribution in [1.82, 2.24) is 19.5 Å². The van der Waals surface area contributed by atoms with Gasteiger partial charge in [-0.2, -0.15) is 0 Å². The Labute approximate surface area is 178 Å². The Bertz CT molecular complexity index is 1290. The number of fused-ring (bicyclic) bond motifs is 1. The van der Waals surface area contributed by atoms with Crippen molar-refractivity contribution in [3.8, 4) is 0 Å². The van der Waals surface area contributed by atoms with Gasteiger partial charge in [-0.1, -0.05) is 48.0 Å². The Hall–Kier alpha value is -4.20. The highest BCUT2D eigenvalue weighted by molar-refractivity contribution is 5.94. The van der Waals surface area contributed by atoms with E-state index in [0.29, 0.717) is 23.4 Å². The van der Waals surface area contributed by atoms with E-state index < -0.39 is 5.69 Å². The van der Waals surface area contributed by atoms with Crippen molar-refractivity contribution in [2.45, 2.75) is 20.0 Å². The smallest absolute Gasteiger partial charge is 0.348 e. The van der Waals surface area contributed by atoms with Gasteiger partial charge in [0.05, 0.1) is 5.56 Å². The predicted octanol–water partition coefficient (Wildman–Crippen LogP) is 2.37. The molecule has 0 atom stereocenters. The summed E-state index contributed by atoms with van der Waals surface area (Å²) in [5.74, 6) is -0.669. The van der Waals surface area contributed by atoms with E-state index in [1.807, 2.05) is 49.4 Å². The van der Waals surface area contributed by atoms with Gasteiger partial charge >= 0.3 is 5.69 Å². The number of benzene rings is 2. The Morgan fingerprint density at radius 3 is 2.45 bits per heavy atom. The van der Waals surface area contributed by atoms with E-state index in [2.05, 4.69) is 15.7 Å². The van der Waals surface area contributed by atoms with Crippen LogP contribution in [0.4, 0.5) is 5.69 Å². The van der Waals surface area contributed by atoms with E-state index in [9.17, 15) is 14.4 Å². The van der Waals surface area contributed by atoms with Crippen LogP contribution in [0.5, 0.6) is 0 Å². The van der Waals surface area contributed by atoms with Crippen molar-refractivity contribution in [1.29, 1.82) is 0 Å². The minimum absolute atomic E-state index is 0.232. The average molecular weight is 415 g/mol. The number of rotatable bonds is 6. The maximum Gasteiger partial charge on any atom is 0.350 e. The van der Waals surface area contributed by atoms with Crippen LogP contribution in [0.2, 0.25) is 0 Å². The zero-order valence-corrected chi connectivity index (χ0v) is 16.9. The minimum atomic E-state index is -0.494. The van der Waals surface area contributed by atoms with Crippen LogP contribution < -0.4 is 16.3 Å². The van der Waals surface area contributed by atoms with Crippen molar-refractivity contribution in [3.63, 3.8) is 0 Å². The van der Waals surface area contributed by atoms with Crippen molar-refractivity contribution < 1.29 is 9.59 Å². The summed E-state index contributed by atoms with van der Waals surface area (Å²) in [6, 6.07) is 20.1. The second kappa shape index (κ2) is 8.66. The van der Waals surface area contributed by atoms with Crippen molar-refractivity contribution in [2.75, 3.05) is 5.32 Å². The molecule has 2 amide bonds. The van der Waals surface area contributed by atoms with Crippen LogP contribution in [0.3, 0.4) is 0 Å². The van der Waals surface area contributed by atoms with Gasteiger partial charge in [-0.25, -0.2) is 13.9 Å². The van der Waals surface area contributed by atoms with Gasteiger partial charge in [-0.05, 0) is 36.8 Å². The molecule has 4 rings (SSSR count). The summed E-state index contributed by atoms with van der Waals surface area (Å²) in [7, 11) is 0. The molecule has 0 fully saturated rings. The Morgan fingerprint density at radius 2 is 1.71 bits per heavy atom. The third-order valence-corrected chi connectivity index (χ3v) is 4.76. The topological polar surface area (TPSA) is 97.5 Å². The second-order valence-corrected chi connectivity index (χ2v) is 7.17. The largest absolute Gasteiger partial charge is 0.350 e. The van der Waals surface area contributed by atoms with Gasteiger partial charge in [0.15, 0.2) is 5.65 Å². The van der Waals surface area contributed by atoms with Gasteiger partial charge in [-0.3, -0.25) is 9.59 Å². The fourth-order valence-electron chi connectivity index (χ4n) is 3.11. The summed E-state index contributed by atoms with van der Waals surface area (Å²) < 4.78 is 2.33. The molecule has 31 heavy (non-hydrogen) atoms. The van der Waals surface area contributed by atoms with Crippen LogP contribution in [0.1, 0.15) is 21.5 Å². The molecule has 4 aromatic rings. The zero-order chi connectivity index (χ0) is 21.8. The number of carbonyl (C=O) groups excluding carboxylic acids is 2. The molecule has 2 aromatic heterocycles. The summed E-state index contributed by atoms with van der Waals surface area (Å²) >= 11 is 0. The number of nitrogens with zero attached hydrogens (tertiary/aromatic N) is 3. The van der Waals surface area contributed by atoms with Gasteiger partial charge < -0.3 is 10.6 Å². The van der Waals surface area contributed by atoms with Gasteiger partial charge in [0.1, 0.15) is 6.54 Å². The van der Waals surface area contributed by atoms with Crippen LogP contribution in [0.15, 0.2) is 77.7 Å². The number of nitrogens with one attached hydrogen (secondary N) is 2. The Morgan fingerprint density at radius 1 is 0.968 bits per heavy atom. The summed E-state index contributed by atoms with van der Waals surface area (Å²) in [6.07, 6.45) is 1.43. The van der Waals surface area contributed by atoms with Crippen LogP contribution in [0, 0.1) is 6.92 Å². The molecule has 0 unspecified atom stereocenters. The molecule has 2 N–H and O–H groups in total. The molecule has 2 aromatic carbocycles. The molecule has 8 nitrogen and oxygen atoms in total. The van der Waals surface area contributed by atoms with E-state index in [0.717, 1.165) is 15.8 Å². The Kier molecular flexibility index (Phi) is 5.61. The number of carbonyl (C=O) groups is 2. The maximum atomic E-state index is 12.7. The minimum Gasteiger partial charge on any atom is -0.348 e. The summed E-state index contributed by atoms with van der Waals surface area (Å²) in [5, 5.41) is 9.74. The average Bonchev–Trinajstić information content (AvgIpc) is 3.09. The van der Waals surface area contributed by atoms with Crippen molar-refractivity contribution >= 4 is 23.1 Å². The molecular weight excluding hydrogens is 394 g/mol. The number of anilines is 1. The van der Waals surface area contributed by atoms with Crippen LogP contribution in [-0.2, 0) is 17.9 Å². The summed E-state index contributed by atoms with van der Waals surface area (Å²) in [6.45, 7) is 2.10. The first-order valence-electron chi connectivity index (χ1n) is 9.77. The van der Waals surface area contributed by atoms with Gasteiger partial charge in [-0.15, -0.1) is 5.10 Å². The lowest BCUT2D eigenvalue weighted by Gasteiger charge is -2.05. The lowest BCUT2D eigenvalue weighted by Crippen LogP contribution is -2.28. The lowest BCUT2D eigenvalue weighted by molar-refractivity contribution is -0.117. The van der Waals surface area contributed by atoms with Gasteiger partial charge in [0.25, 0.3) is 5.91 Å². The molecule has 0 spiro atoms. The fourth-order valence-corrected chi connectivity index (χ4v) is 3.11. The quantitative estimate of drug-likeness (QED) is 0.505. The normalized spacial score (nSPS) is 10.7. The lowest BCUT2D eigenvalue weighted by atomic mass is 10.2. The number of aromatic nitrogens is 3. The number of aryl methyl sites for hydroxylation is 1. The van der Waals surface area contributed by atoms with Gasteiger partial charge in [0.2, 0.25) is 5.91 Å². The maximum absolute atomic E-state index is 12.7. The molecular formula is C23H21N5O3. The molecule has 0 radical (unpaired) electrons. The summed E-state index contributed by atoms with van der Waals surface area (Å²) in [5.41, 5.74) is 2.89. The van der Waals surface area contributed by atoms with E-state index >= 15 is 0 Å². The van der Waals surface area contributed by atoms with Crippen molar-refractivity contribution in [2.24, 2.45) is 0 Å². The highest BCUT2D eigenvalue weighted by Gasteiger charge is 2.13. The first-order valence-corrected chi connectivity index (χ1v) is 9.77. The SMILES string of the molecule is Cc1ccc(NC(=O)Cn2nc3ccc(C(=O)NCc4ccccc4)cn3c2=O)cc1.